The van der Waals surface area contributed by atoms with Gasteiger partial charge in [0.05, 0.1) is 13.0 Å². The summed E-state index contributed by atoms with van der Waals surface area (Å²) in [6, 6.07) is 0. The quantitative estimate of drug-likeness (QED) is 0.464. The molecule has 0 unspecified atom stereocenters. The van der Waals surface area contributed by atoms with E-state index < -0.39 is 0 Å². The van der Waals surface area contributed by atoms with E-state index in [1.54, 1.807) is 7.11 Å². The van der Waals surface area contributed by atoms with E-state index in [4.69, 9.17) is 4.74 Å². The third-order valence-corrected chi connectivity index (χ3v) is 2.05. The van der Waals surface area contributed by atoms with Crippen LogP contribution in [0.2, 0.25) is 0 Å². The first kappa shape index (κ1) is 15.6. The molecular weight excluding hydrogens is 224 g/mol. The van der Waals surface area contributed by atoms with Crippen LogP contribution in [-0.2, 0) is 19.1 Å². The number of carbonyl (C=O) groups excluding carboxylic acids is 3. The Kier molecular flexibility index (Phi) is 7.96. The maximum Gasteiger partial charge on any atom is 0.239 e. The molecule has 6 heteroatoms. The van der Waals surface area contributed by atoms with Crippen LogP contribution in [0, 0.1) is 0 Å². The highest BCUT2D eigenvalue weighted by atomic mass is 16.5. The maximum atomic E-state index is 11.4. The Morgan fingerprint density at radius 3 is 2.47 bits per heavy atom. The Labute approximate surface area is 101 Å². The SMILES string of the molecule is COCCCNC(=O)CN(C)C(=O)CC(C)=O. The smallest absolute Gasteiger partial charge is 0.239 e. The Bertz CT molecular complexity index is 279. The summed E-state index contributed by atoms with van der Waals surface area (Å²) in [5, 5.41) is 2.66. The zero-order valence-corrected chi connectivity index (χ0v) is 10.6. The molecule has 0 spiro atoms. The lowest BCUT2D eigenvalue weighted by atomic mass is 10.3. The van der Waals surface area contributed by atoms with Gasteiger partial charge in [-0.2, -0.15) is 0 Å². The first-order chi connectivity index (χ1) is 7.97. The Balaban J connectivity index is 3.79. The molecule has 1 N–H and O–H groups in total. The van der Waals surface area contributed by atoms with Crippen LogP contribution >= 0.6 is 0 Å². The van der Waals surface area contributed by atoms with Crippen LogP contribution < -0.4 is 5.32 Å². The van der Waals surface area contributed by atoms with Gasteiger partial charge < -0.3 is 15.0 Å². The van der Waals surface area contributed by atoms with Crippen molar-refractivity contribution in [3.05, 3.63) is 0 Å². The molecule has 6 nitrogen and oxygen atoms in total. The van der Waals surface area contributed by atoms with Gasteiger partial charge in [0.15, 0.2) is 0 Å². The molecule has 0 aromatic carbocycles. The van der Waals surface area contributed by atoms with Gasteiger partial charge in [-0.1, -0.05) is 0 Å². The summed E-state index contributed by atoms with van der Waals surface area (Å²) in [4.78, 5) is 34.7. The number of likely N-dealkylation sites (N-methyl/N-ethyl adjacent to an activating group) is 1. The Morgan fingerprint density at radius 2 is 1.94 bits per heavy atom. The summed E-state index contributed by atoms with van der Waals surface area (Å²) in [6.07, 6.45) is 0.570. The van der Waals surface area contributed by atoms with Crippen molar-refractivity contribution in [3.8, 4) is 0 Å². The summed E-state index contributed by atoms with van der Waals surface area (Å²) in [5.74, 6) is -0.785. The molecule has 0 aliphatic carbocycles. The van der Waals surface area contributed by atoms with E-state index in [1.807, 2.05) is 0 Å². The Hall–Kier alpha value is -1.43. The number of nitrogens with zero attached hydrogens (tertiary/aromatic N) is 1. The van der Waals surface area contributed by atoms with Crippen molar-refractivity contribution in [1.29, 1.82) is 0 Å². The minimum absolute atomic E-state index is 0.0287. The normalized spacial score (nSPS) is 9.82. The summed E-state index contributed by atoms with van der Waals surface area (Å²) in [6.45, 7) is 2.41. The minimum Gasteiger partial charge on any atom is -0.385 e. The lowest BCUT2D eigenvalue weighted by Gasteiger charge is -2.15. The maximum absolute atomic E-state index is 11.4. The molecule has 2 amide bonds. The van der Waals surface area contributed by atoms with Gasteiger partial charge in [0.2, 0.25) is 11.8 Å². The molecule has 17 heavy (non-hydrogen) atoms. The van der Waals surface area contributed by atoms with Gasteiger partial charge in [-0.15, -0.1) is 0 Å². The van der Waals surface area contributed by atoms with Gasteiger partial charge in [0, 0.05) is 27.3 Å². The van der Waals surface area contributed by atoms with E-state index in [-0.39, 0.29) is 30.6 Å². The van der Waals surface area contributed by atoms with Crippen LogP contribution in [0.3, 0.4) is 0 Å². The molecule has 0 aliphatic heterocycles. The molecule has 0 bridgehead atoms. The second kappa shape index (κ2) is 8.69. The number of nitrogens with one attached hydrogen (secondary N) is 1. The van der Waals surface area contributed by atoms with Crippen molar-refractivity contribution >= 4 is 17.6 Å². The number of hydrogen-bond acceptors (Lipinski definition) is 4. The number of rotatable bonds is 8. The number of Topliss-reactive ketones (excluding diaryl/α,β-unsaturated/α-hetero) is 1. The highest BCUT2D eigenvalue weighted by Gasteiger charge is 2.13. The fourth-order valence-corrected chi connectivity index (χ4v) is 1.15. The molecule has 0 aromatic heterocycles. The van der Waals surface area contributed by atoms with Gasteiger partial charge in [-0.3, -0.25) is 14.4 Å². The minimum atomic E-state index is -0.343. The summed E-state index contributed by atoms with van der Waals surface area (Å²) >= 11 is 0. The molecule has 98 valence electrons. The standard InChI is InChI=1S/C11H20N2O4/c1-9(14)7-11(16)13(2)8-10(15)12-5-4-6-17-3/h4-8H2,1-3H3,(H,12,15). The predicted octanol–water partition coefficient (Wildman–Crippen LogP) is -0.423. The molecule has 0 aliphatic rings. The van der Waals surface area contributed by atoms with E-state index >= 15 is 0 Å². The number of amides is 2. The molecular formula is C11H20N2O4. The summed E-state index contributed by atoms with van der Waals surface area (Å²) < 4.78 is 4.83. The van der Waals surface area contributed by atoms with Crippen molar-refractivity contribution in [1.82, 2.24) is 10.2 Å². The molecule has 0 fully saturated rings. The third kappa shape index (κ3) is 8.38. The van der Waals surface area contributed by atoms with Crippen LogP contribution in [0.1, 0.15) is 19.8 Å². The van der Waals surface area contributed by atoms with Gasteiger partial charge in [0.1, 0.15) is 5.78 Å². The summed E-state index contributed by atoms with van der Waals surface area (Å²) in [7, 11) is 3.09. The average Bonchev–Trinajstić information content (AvgIpc) is 2.23. The Morgan fingerprint density at radius 1 is 1.29 bits per heavy atom. The predicted molar refractivity (Wildman–Crippen MR) is 62.4 cm³/mol. The first-order valence-corrected chi connectivity index (χ1v) is 5.46. The van der Waals surface area contributed by atoms with Gasteiger partial charge >= 0.3 is 0 Å². The number of carbonyl (C=O) groups is 3. The molecule has 0 rings (SSSR count). The molecule has 0 saturated carbocycles. The van der Waals surface area contributed by atoms with Crippen LogP contribution in [0.15, 0.2) is 0 Å². The average molecular weight is 244 g/mol. The van der Waals surface area contributed by atoms with Crippen LogP contribution in [0.4, 0.5) is 0 Å². The van der Waals surface area contributed by atoms with Crippen molar-refractivity contribution in [2.24, 2.45) is 0 Å². The van der Waals surface area contributed by atoms with Crippen molar-refractivity contribution in [2.75, 3.05) is 33.9 Å². The largest absolute Gasteiger partial charge is 0.385 e. The van der Waals surface area contributed by atoms with Crippen molar-refractivity contribution in [3.63, 3.8) is 0 Å². The van der Waals surface area contributed by atoms with Crippen LogP contribution in [0.25, 0.3) is 0 Å². The monoisotopic (exact) mass is 244 g/mol. The first-order valence-electron chi connectivity index (χ1n) is 5.46. The van der Waals surface area contributed by atoms with E-state index in [2.05, 4.69) is 5.32 Å². The molecule has 0 atom stereocenters. The number of methoxy groups -OCH3 is 1. The van der Waals surface area contributed by atoms with Gasteiger partial charge in [0.25, 0.3) is 0 Å². The fourth-order valence-electron chi connectivity index (χ4n) is 1.15. The molecule has 0 aromatic rings. The van der Waals surface area contributed by atoms with E-state index in [0.717, 1.165) is 6.42 Å². The zero-order valence-electron chi connectivity index (χ0n) is 10.6. The molecule has 0 saturated heterocycles. The molecule has 0 heterocycles. The highest BCUT2D eigenvalue weighted by molar-refractivity contribution is 5.97. The summed E-state index contributed by atoms with van der Waals surface area (Å²) in [5.41, 5.74) is 0. The highest BCUT2D eigenvalue weighted by Crippen LogP contribution is 1.91. The van der Waals surface area contributed by atoms with Crippen molar-refractivity contribution in [2.45, 2.75) is 19.8 Å². The van der Waals surface area contributed by atoms with Crippen molar-refractivity contribution < 1.29 is 19.1 Å². The lowest BCUT2D eigenvalue weighted by Crippen LogP contribution is -2.39. The van der Waals surface area contributed by atoms with Gasteiger partial charge in [-0.25, -0.2) is 0 Å². The number of ether oxygens (including phenoxy) is 1. The third-order valence-electron chi connectivity index (χ3n) is 2.05. The fraction of sp³-hybridized carbons (Fsp3) is 0.727. The number of hydrogen-bond donors (Lipinski definition) is 1. The number of ketones is 1. The zero-order chi connectivity index (χ0) is 13.3. The van der Waals surface area contributed by atoms with Gasteiger partial charge in [-0.05, 0) is 13.3 Å². The van der Waals surface area contributed by atoms with E-state index in [9.17, 15) is 14.4 Å². The van der Waals surface area contributed by atoms with Crippen LogP contribution in [-0.4, -0.2) is 56.4 Å². The van der Waals surface area contributed by atoms with E-state index in [0.29, 0.717) is 13.2 Å². The molecule has 0 radical (unpaired) electrons. The second-order valence-electron chi connectivity index (χ2n) is 3.82. The topological polar surface area (TPSA) is 75.7 Å². The second-order valence-corrected chi connectivity index (χ2v) is 3.82. The van der Waals surface area contributed by atoms with E-state index in [1.165, 1.54) is 18.9 Å². The van der Waals surface area contributed by atoms with Crippen LogP contribution in [0.5, 0.6) is 0 Å². The lowest BCUT2D eigenvalue weighted by molar-refractivity contribution is -0.137.